The van der Waals surface area contributed by atoms with Crippen LogP contribution < -0.4 is 5.32 Å². The minimum atomic E-state index is -0.613. The molecule has 0 unspecified atom stereocenters. The molecule has 2 aromatic carbocycles. The van der Waals surface area contributed by atoms with Gasteiger partial charge in [-0.15, -0.1) is 0 Å². The van der Waals surface area contributed by atoms with E-state index in [0.717, 1.165) is 31.7 Å². The highest BCUT2D eigenvalue weighted by Gasteiger charge is 2.26. The normalized spacial score (nSPS) is 12.4. The van der Waals surface area contributed by atoms with Crippen molar-refractivity contribution in [1.82, 2.24) is 4.90 Å². The molecular weight excluding hydrogens is 370 g/mol. The topological polar surface area (TPSA) is 32.3 Å². The van der Waals surface area contributed by atoms with Crippen molar-refractivity contribution in [2.45, 2.75) is 72.4 Å². The van der Waals surface area contributed by atoms with Crippen LogP contribution in [0.3, 0.4) is 0 Å². The number of nitrogens with one attached hydrogen (secondary N) is 1. The zero-order valence-electron chi connectivity index (χ0n) is 17.9. The molecule has 0 saturated heterocycles. The Kier molecular flexibility index (Phi) is 8.62. The predicted molar refractivity (Wildman–Crippen MR) is 115 cm³/mol. The van der Waals surface area contributed by atoms with Crippen LogP contribution in [0.4, 0.5) is 19.3 Å². The molecule has 0 aliphatic carbocycles. The van der Waals surface area contributed by atoms with Crippen LogP contribution in [0.5, 0.6) is 0 Å². The summed E-state index contributed by atoms with van der Waals surface area (Å²) in [5.74, 6) is -0.656. The first-order chi connectivity index (χ1) is 14.0. The van der Waals surface area contributed by atoms with Crippen LogP contribution in [-0.2, 0) is 13.1 Å². The Balaban J connectivity index is 0.00000145. The fourth-order valence-corrected chi connectivity index (χ4v) is 3.79. The van der Waals surface area contributed by atoms with E-state index in [2.05, 4.69) is 31.3 Å². The molecule has 0 spiro atoms. The molecule has 0 atom stereocenters. The summed E-state index contributed by atoms with van der Waals surface area (Å²) in [5.41, 5.74) is 2.92. The molecule has 5 heteroatoms. The van der Waals surface area contributed by atoms with Crippen molar-refractivity contribution < 1.29 is 13.6 Å². The molecule has 0 saturated carbocycles. The number of hydrogen-bond donors (Lipinski definition) is 1. The van der Waals surface area contributed by atoms with Crippen molar-refractivity contribution in [3.63, 3.8) is 0 Å². The predicted octanol–water partition coefficient (Wildman–Crippen LogP) is 7.22. The molecule has 29 heavy (non-hydrogen) atoms. The second-order valence-electron chi connectivity index (χ2n) is 7.21. The minimum Gasteiger partial charge on any atom is -0.316 e. The third-order valence-corrected chi connectivity index (χ3v) is 5.16. The monoisotopic (exact) mass is 402 g/mol. The Morgan fingerprint density at radius 2 is 1.66 bits per heavy atom. The molecule has 0 bridgehead atoms. The molecule has 0 fully saturated rings. The number of hydrogen-bond acceptors (Lipinski definition) is 1. The molecule has 1 N–H and O–H groups in total. The van der Waals surface area contributed by atoms with Crippen molar-refractivity contribution in [1.29, 1.82) is 0 Å². The lowest BCUT2D eigenvalue weighted by atomic mass is 9.90. The van der Waals surface area contributed by atoms with Crippen LogP contribution in [0.2, 0.25) is 0 Å². The van der Waals surface area contributed by atoms with Gasteiger partial charge in [-0.3, -0.25) is 0 Å². The van der Waals surface area contributed by atoms with Crippen LogP contribution in [0.1, 0.15) is 76.0 Å². The number of carbonyl (C=O) groups is 1. The van der Waals surface area contributed by atoms with E-state index in [1.54, 1.807) is 0 Å². The fourth-order valence-electron chi connectivity index (χ4n) is 3.79. The van der Waals surface area contributed by atoms with Gasteiger partial charge in [0.2, 0.25) is 0 Å². The van der Waals surface area contributed by atoms with Gasteiger partial charge in [0.25, 0.3) is 0 Å². The fraction of sp³-hybridized carbons (Fsp3) is 0.458. The third kappa shape index (κ3) is 5.78. The van der Waals surface area contributed by atoms with Crippen molar-refractivity contribution >= 4 is 11.7 Å². The number of fused-ring (bicyclic) bond motifs is 1. The second-order valence-corrected chi connectivity index (χ2v) is 7.21. The SMILES string of the molecule is CC.CCCC(CCC)c1ccc(NC(=O)N2Cc3cc(F)cc(F)c3C2)cc1. The second kappa shape index (κ2) is 10.9. The van der Waals surface area contributed by atoms with Gasteiger partial charge in [-0.2, -0.15) is 0 Å². The number of anilines is 1. The van der Waals surface area contributed by atoms with Gasteiger partial charge in [0.15, 0.2) is 0 Å². The van der Waals surface area contributed by atoms with Crippen LogP contribution in [0, 0.1) is 11.6 Å². The molecule has 3 nitrogen and oxygen atoms in total. The maximum Gasteiger partial charge on any atom is 0.322 e. The molecule has 1 heterocycles. The standard InChI is InChI=1S/C22H26F2N2O.C2H6/c1-3-5-15(6-4-2)16-7-9-19(10-8-16)25-22(27)26-13-17-11-18(23)12-21(24)20(17)14-26;1-2/h7-12,15H,3-6,13-14H2,1-2H3,(H,25,27);1-2H3. The van der Waals surface area contributed by atoms with E-state index in [1.807, 2.05) is 26.0 Å². The molecule has 3 rings (SSSR count). The lowest BCUT2D eigenvalue weighted by Crippen LogP contribution is -2.30. The van der Waals surface area contributed by atoms with Gasteiger partial charge in [0, 0.05) is 23.9 Å². The zero-order valence-corrected chi connectivity index (χ0v) is 17.9. The van der Waals surface area contributed by atoms with Crippen LogP contribution in [-0.4, -0.2) is 10.9 Å². The minimum absolute atomic E-state index is 0.153. The van der Waals surface area contributed by atoms with Crippen LogP contribution >= 0.6 is 0 Å². The molecule has 0 radical (unpaired) electrons. The quantitative estimate of drug-likeness (QED) is 0.543. The van der Waals surface area contributed by atoms with Gasteiger partial charge < -0.3 is 10.2 Å². The number of urea groups is 1. The number of nitrogens with zero attached hydrogens (tertiary/aromatic N) is 1. The Morgan fingerprint density at radius 1 is 1.03 bits per heavy atom. The highest BCUT2D eigenvalue weighted by molar-refractivity contribution is 5.89. The van der Waals surface area contributed by atoms with Crippen LogP contribution in [0.15, 0.2) is 36.4 Å². The van der Waals surface area contributed by atoms with Gasteiger partial charge >= 0.3 is 6.03 Å². The largest absolute Gasteiger partial charge is 0.322 e. The first-order valence-corrected chi connectivity index (χ1v) is 10.6. The number of amides is 2. The van der Waals surface area contributed by atoms with E-state index in [0.29, 0.717) is 22.7 Å². The Morgan fingerprint density at radius 3 is 2.24 bits per heavy atom. The van der Waals surface area contributed by atoms with Gasteiger partial charge in [-0.05, 0) is 48.1 Å². The van der Waals surface area contributed by atoms with Crippen molar-refractivity contribution in [3.8, 4) is 0 Å². The lowest BCUT2D eigenvalue weighted by molar-refractivity contribution is 0.212. The molecule has 2 amide bonds. The Labute approximate surface area is 173 Å². The first kappa shape index (κ1) is 22.9. The average Bonchev–Trinajstić information content (AvgIpc) is 3.15. The summed E-state index contributed by atoms with van der Waals surface area (Å²) in [7, 11) is 0. The van der Waals surface area contributed by atoms with E-state index in [-0.39, 0.29) is 19.1 Å². The summed E-state index contributed by atoms with van der Waals surface area (Å²) in [6.45, 7) is 8.75. The van der Waals surface area contributed by atoms with Gasteiger partial charge in [0.05, 0.1) is 6.54 Å². The van der Waals surface area contributed by atoms with Crippen molar-refractivity contribution in [3.05, 3.63) is 64.7 Å². The smallest absolute Gasteiger partial charge is 0.316 e. The number of rotatable bonds is 6. The van der Waals surface area contributed by atoms with Crippen molar-refractivity contribution in [2.24, 2.45) is 0 Å². The van der Waals surface area contributed by atoms with Crippen molar-refractivity contribution in [2.75, 3.05) is 5.32 Å². The maximum absolute atomic E-state index is 13.9. The first-order valence-electron chi connectivity index (χ1n) is 10.6. The summed E-state index contributed by atoms with van der Waals surface area (Å²) in [6.07, 6.45) is 4.62. The summed E-state index contributed by atoms with van der Waals surface area (Å²) < 4.78 is 27.2. The van der Waals surface area contributed by atoms with Crippen LogP contribution in [0.25, 0.3) is 0 Å². The van der Waals surface area contributed by atoms with E-state index in [9.17, 15) is 13.6 Å². The molecule has 2 aromatic rings. The van der Waals surface area contributed by atoms with Gasteiger partial charge in [-0.25, -0.2) is 13.6 Å². The maximum atomic E-state index is 13.9. The summed E-state index contributed by atoms with van der Waals surface area (Å²) >= 11 is 0. The highest BCUT2D eigenvalue weighted by Crippen LogP contribution is 2.29. The molecular formula is C24H32F2N2O. The number of carbonyl (C=O) groups excluding carboxylic acids is 1. The summed E-state index contributed by atoms with van der Waals surface area (Å²) in [6, 6.07) is 9.81. The zero-order chi connectivity index (χ0) is 21.4. The molecule has 158 valence electrons. The van der Waals surface area contributed by atoms with E-state index in [1.165, 1.54) is 16.5 Å². The number of halogens is 2. The third-order valence-electron chi connectivity index (χ3n) is 5.16. The Hall–Kier alpha value is -2.43. The average molecular weight is 403 g/mol. The van der Waals surface area contributed by atoms with E-state index in [4.69, 9.17) is 0 Å². The van der Waals surface area contributed by atoms with E-state index < -0.39 is 11.6 Å². The molecule has 0 aromatic heterocycles. The summed E-state index contributed by atoms with van der Waals surface area (Å²) in [4.78, 5) is 14.0. The van der Waals surface area contributed by atoms with Gasteiger partial charge in [0.1, 0.15) is 11.6 Å². The molecule has 1 aliphatic heterocycles. The van der Waals surface area contributed by atoms with Gasteiger partial charge in [-0.1, -0.05) is 52.7 Å². The van der Waals surface area contributed by atoms with E-state index >= 15 is 0 Å². The molecule has 1 aliphatic rings. The lowest BCUT2D eigenvalue weighted by Gasteiger charge is -2.18. The number of benzene rings is 2. The summed E-state index contributed by atoms with van der Waals surface area (Å²) in [5, 5.41) is 2.85. The highest BCUT2D eigenvalue weighted by atomic mass is 19.1. The Bertz CT molecular complexity index is 799.